The maximum Gasteiger partial charge on any atom is 0.573 e. The maximum atomic E-state index is 13.1. The molecule has 0 saturated heterocycles. The van der Waals surface area contributed by atoms with Crippen LogP contribution in [0.4, 0.5) is 26.3 Å². The maximum absolute atomic E-state index is 13.1. The van der Waals surface area contributed by atoms with Crippen molar-refractivity contribution in [1.82, 2.24) is 9.97 Å². The molecule has 184 valence electrons. The monoisotopic (exact) mass is 496 g/mol. The van der Waals surface area contributed by atoms with Crippen molar-refractivity contribution < 1.29 is 35.9 Å². The van der Waals surface area contributed by atoms with E-state index in [4.69, 9.17) is 0 Å². The van der Waals surface area contributed by atoms with Gasteiger partial charge < -0.3 is 9.72 Å². The van der Waals surface area contributed by atoms with Crippen molar-refractivity contribution >= 4 is 5.78 Å². The van der Waals surface area contributed by atoms with E-state index >= 15 is 0 Å². The molecule has 0 aliphatic heterocycles. The van der Waals surface area contributed by atoms with Crippen molar-refractivity contribution in [3.05, 3.63) is 93.2 Å². The van der Waals surface area contributed by atoms with Crippen molar-refractivity contribution in [2.24, 2.45) is 0 Å². The zero-order valence-electron chi connectivity index (χ0n) is 17.9. The molecule has 11 heteroatoms. The average Bonchev–Trinajstić information content (AvgIpc) is 3.62. The molecule has 1 N–H and O–H groups in total. The van der Waals surface area contributed by atoms with Crippen LogP contribution in [0.5, 0.6) is 5.75 Å². The first-order chi connectivity index (χ1) is 16.4. The van der Waals surface area contributed by atoms with Crippen molar-refractivity contribution in [3.8, 4) is 5.75 Å². The zero-order chi connectivity index (χ0) is 25.4. The predicted molar refractivity (Wildman–Crippen MR) is 112 cm³/mol. The van der Waals surface area contributed by atoms with Gasteiger partial charge in [-0.05, 0) is 48.2 Å². The second kappa shape index (κ2) is 9.20. The molecular formula is C24H18F6N2O3. The third-order valence-electron chi connectivity index (χ3n) is 5.56. The number of carbonyl (C=O) groups is 1. The van der Waals surface area contributed by atoms with E-state index in [0.717, 1.165) is 43.2 Å². The highest BCUT2D eigenvalue weighted by atomic mass is 19.4. The van der Waals surface area contributed by atoms with E-state index in [1.165, 1.54) is 24.3 Å². The summed E-state index contributed by atoms with van der Waals surface area (Å²) in [5.41, 5.74) is -0.747. The lowest BCUT2D eigenvalue weighted by Crippen LogP contribution is -2.18. The lowest BCUT2D eigenvalue weighted by Gasteiger charge is -2.19. The van der Waals surface area contributed by atoms with Gasteiger partial charge in [0.15, 0.2) is 5.78 Å². The minimum absolute atomic E-state index is 0.0716. The van der Waals surface area contributed by atoms with Gasteiger partial charge in [-0.2, -0.15) is 13.2 Å². The van der Waals surface area contributed by atoms with Crippen molar-refractivity contribution in [3.63, 3.8) is 0 Å². The van der Waals surface area contributed by atoms with Crippen LogP contribution < -0.4 is 10.3 Å². The summed E-state index contributed by atoms with van der Waals surface area (Å²) >= 11 is 0. The first-order valence-corrected chi connectivity index (χ1v) is 10.6. The van der Waals surface area contributed by atoms with Gasteiger partial charge in [-0.3, -0.25) is 9.59 Å². The largest absolute Gasteiger partial charge is 0.573 e. The smallest absolute Gasteiger partial charge is 0.406 e. The Morgan fingerprint density at radius 1 is 0.971 bits per heavy atom. The Hall–Kier alpha value is -3.63. The fourth-order valence-electron chi connectivity index (χ4n) is 3.69. The number of alkyl halides is 6. The summed E-state index contributed by atoms with van der Waals surface area (Å²) in [5.74, 6) is -1.35. The number of Topliss-reactive ketones (excluding diaryl/α,β-unsaturated/α-hetero) is 1. The van der Waals surface area contributed by atoms with Crippen LogP contribution in [0, 0.1) is 0 Å². The Morgan fingerprint density at radius 2 is 1.54 bits per heavy atom. The number of H-pyrrole nitrogens is 1. The molecule has 0 amide bonds. The van der Waals surface area contributed by atoms with Crippen LogP contribution in [0.15, 0.2) is 59.4 Å². The summed E-state index contributed by atoms with van der Waals surface area (Å²) in [5, 5.41) is 0. The molecule has 1 aromatic heterocycles. The normalized spacial score (nSPS) is 15.0. The van der Waals surface area contributed by atoms with Gasteiger partial charge in [-0.15, -0.1) is 13.2 Å². The van der Waals surface area contributed by atoms with Crippen LogP contribution in [0.1, 0.15) is 64.1 Å². The van der Waals surface area contributed by atoms with Gasteiger partial charge in [-0.1, -0.05) is 24.3 Å². The number of nitrogens with one attached hydrogen (secondary N) is 1. The number of benzene rings is 2. The van der Waals surface area contributed by atoms with Gasteiger partial charge >= 0.3 is 12.5 Å². The number of hydrogen-bond acceptors (Lipinski definition) is 4. The molecule has 35 heavy (non-hydrogen) atoms. The molecule has 1 unspecified atom stereocenters. The molecule has 3 aromatic rings. The molecule has 0 radical (unpaired) electrons. The quantitative estimate of drug-likeness (QED) is 0.323. The number of aromatic amines is 1. The first kappa shape index (κ1) is 24.5. The molecule has 1 saturated carbocycles. The number of aromatic nitrogens is 2. The van der Waals surface area contributed by atoms with Gasteiger partial charge in [-0.25, -0.2) is 4.98 Å². The molecule has 4 rings (SSSR count). The summed E-state index contributed by atoms with van der Waals surface area (Å²) in [7, 11) is 0. The van der Waals surface area contributed by atoms with Crippen molar-refractivity contribution in [2.75, 3.05) is 0 Å². The van der Waals surface area contributed by atoms with E-state index in [1.807, 2.05) is 0 Å². The van der Waals surface area contributed by atoms with Gasteiger partial charge in [0.1, 0.15) is 17.3 Å². The summed E-state index contributed by atoms with van der Waals surface area (Å²) in [4.78, 5) is 31.9. The highest BCUT2D eigenvalue weighted by molar-refractivity contribution is 5.95. The fourth-order valence-corrected chi connectivity index (χ4v) is 3.69. The third kappa shape index (κ3) is 6.28. The Kier molecular flexibility index (Phi) is 6.44. The minimum atomic E-state index is -4.89. The number of rotatable bonds is 7. The van der Waals surface area contributed by atoms with E-state index in [2.05, 4.69) is 14.7 Å². The van der Waals surface area contributed by atoms with Crippen molar-refractivity contribution in [2.45, 2.75) is 43.6 Å². The Balaban J connectivity index is 1.66. The van der Waals surface area contributed by atoms with E-state index in [1.54, 1.807) is 0 Å². The number of carbonyl (C=O) groups excluding carboxylic acids is 1. The summed E-state index contributed by atoms with van der Waals surface area (Å²) in [6.07, 6.45) is -8.06. The Morgan fingerprint density at radius 3 is 2.06 bits per heavy atom. The van der Waals surface area contributed by atoms with Crippen LogP contribution in [0.2, 0.25) is 0 Å². The van der Waals surface area contributed by atoms with E-state index in [9.17, 15) is 35.9 Å². The van der Waals surface area contributed by atoms with E-state index in [-0.39, 0.29) is 18.0 Å². The molecule has 1 aliphatic rings. The lowest BCUT2D eigenvalue weighted by atomic mass is 9.86. The van der Waals surface area contributed by atoms with Crippen LogP contribution in [0.25, 0.3) is 0 Å². The molecule has 1 atom stereocenters. The topological polar surface area (TPSA) is 72.1 Å². The number of ether oxygens (including phenoxy) is 1. The fraction of sp³-hybridized carbons (Fsp3) is 0.292. The SMILES string of the molecule is O=C(CC(c1ccc(OC(F)(F)F)cc1)c1ccc(C(F)(F)F)cc1)c1cc(=O)[nH]c(C2CC2)n1. The zero-order valence-corrected chi connectivity index (χ0v) is 17.9. The highest BCUT2D eigenvalue weighted by Crippen LogP contribution is 2.38. The molecule has 2 aromatic carbocycles. The first-order valence-electron chi connectivity index (χ1n) is 10.6. The van der Waals surface area contributed by atoms with Gasteiger partial charge in [0.05, 0.1) is 5.56 Å². The standard InChI is InChI=1S/C24H18F6N2O3/c25-23(26,27)16-7-3-13(4-8-16)18(14-5-9-17(10-6-14)35-24(28,29)30)11-20(33)19-12-21(34)32-22(31-19)15-1-2-15/h3-10,12,15,18H,1-2,11H2,(H,31,32,34). The summed E-state index contributed by atoms with van der Waals surface area (Å²) in [6.45, 7) is 0. The second-order valence-corrected chi connectivity index (χ2v) is 8.21. The number of nitrogens with zero attached hydrogens (tertiary/aromatic N) is 1. The number of hydrogen-bond donors (Lipinski definition) is 1. The average molecular weight is 496 g/mol. The van der Waals surface area contributed by atoms with Crippen LogP contribution in [-0.2, 0) is 6.18 Å². The van der Waals surface area contributed by atoms with Crippen molar-refractivity contribution in [1.29, 1.82) is 0 Å². The van der Waals surface area contributed by atoms with E-state index in [0.29, 0.717) is 17.0 Å². The third-order valence-corrected chi connectivity index (χ3v) is 5.56. The van der Waals surface area contributed by atoms with Gasteiger partial charge in [0.2, 0.25) is 0 Å². The molecule has 1 heterocycles. The minimum Gasteiger partial charge on any atom is -0.406 e. The van der Waals surface area contributed by atoms with E-state index < -0.39 is 41.1 Å². The molecule has 1 fully saturated rings. The molecule has 1 aliphatic carbocycles. The Labute approximate surface area is 194 Å². The van der Waals surface area contributed by atoms with Crippen LogP contribution in [-0.4, -0.2) is 22.1 Å². The predicted octanol–water partition coefficient (Wildman–Crippen LogP) is 5.97. The van der Waals surface area contributed by atoms with Gasteiger partial charge in [0.25, 0.3) is 5.56 Å². The number of ketones is 1. The molecule has 5 nitrogen and oxygen atoms in total. The second-order valence-electron chi connectivity index (χ2n) is 8.21. The van der Waals surface area contributed by atoms with Crippen LogP contribution >= 0.6 is 0 Å². The molecule has 0 bridgehead atoms. The van der Waals surface area contributed by atoms with Gasteiger partial charge in [0, 0.05) is 24.3 Å². The highest BCUT2D eigenvalue weighted by Gasteiger charge is 2.32. The molecular weight excluding hydrogens is 478 g/mol. The summed E-state index contributed by atoms with van der Waals surface area (Å²) < 4.78 is 80.3. The molecule has 0 spiro atoms. The summed E-state index contributed by atoms with van der Waals surface area (Å²) in [6, 6.07) is 9.92. The lowest BCUT2D eigenvalue weighted by molar-refractivity contribution is -0.274. The van der Waals surface area contributed by atoms with Crippen LogP contribution in [0.3, 0.4) is 0 Å². The Bertz CT molecular complexity index is 1260. The number of halogens is 6.